The molecule has 0 aromatic carbocycles. The molecule has 0 radical (unpaired) electrons. The number of hydrogen-bond acceptors (Lipinski definition) is 9. The number of rotatable bonds is 11. The Balaban J connectivity index is 1.22. The van der Waals surface area contributed by atoms with Crippen molar-refractivity contribution in [2.75, 3.05) is 6.54 Å². The molecule has 4 aliphatic heterocycles. The number of esters is 1. The first-order valence-electron chi connectivity index (χ1n) is 14.5. The highest BCUT2D eigenvalue weighted by Gasteiger charge is 2.69. The van der Waals surface area contributed by atoms with E-state index in [9.17, 15) is 19.2 Å². The van der Waals surface area contributed by atoms with Gasteiger partial charge in [0.15, 0.2) is 11.9 Å². The Morgan fingerprint density at radius 1 is 1.00 bits per heavy atom. The number of hydrogen-bond donors (Lipinski definition) is 3. The largest absolute Gasteiger partial charge is 0.480 e. The Morgan fingerprint density at radius 3 is 2.45 bits per heavy atom. The van der Waals surface area contributed by atoms with Gasteiger partial charge in [-0.15, -0.1) is 0 Å². The number of ether oxygens (including phenoxy) is 3. The summed E-state index contributed by atoms with van der Waals surface area (Å²) in [6.45, 7) is 9.72. The molecule has 40 heavy (non-hydrogen) atoms. The highest BCUT2D eigenvalue weighted by atomic mass is 17.3. The monoisotopic (exact) mass is 568 g/mol. The van der Waals surface area contributed by atoms with Gasteiger partial charge in [-0.05, 0) is 50.4 Å². The topological polar surface area (TPSA) is 159 Å². The van der Waals surface area contributed by atoms with Crippen molar-refractivity contribution in [3.05, 3.63) is 0 Å². The average Bonchev–Trinajstić information content (AvgIpc) is 3.12. The van der Waals surface area contributed by atoms with Crippen LogP contribution in [0.2, 0.25) is 0 Å². The lowest BCUT2D eigenvalue weighted by molar-refractivity contribution is -0.576. The zero-order valence-electron chi connectivity index (χ0n) is 24.1. The summed E-state index contributed by atoms with van der Waals surface area (Å²) in [6.07, 6.45) is 2.21. The van der Waals surface area contributed by atoms with Crippen molar-refractivity contribution in [1.29, 1.82) is 0 Å². The summed E-state index contributed by atoms with van der Waals surface area (Å²) in [6, 6.07) is -0.953. The highest BCUT2D eigenvalue weighted by Crippen LogP contribution is 2.60. The summed E-state index contributed by atoms with van der Waals surface area (Å²) >= 11 is 0. The lowest BCUT2D eigenvalue weighted by Crippen LogP contribution is -2.70. The van der Waals surface area contributed by atoms with Gasteiger partial charge in [0.1, 0.15) is 6.04 Å². The van der Waals surface area contributed by atoms with E-state index in [0.29, 0.717) is 18.8 Å². The number of carboxylic acids is 1. The van der Waals surface area contributed by atoms with Crippen LogP contribution in [0.25, 0.3) is 0 Å². The lowest BCUT2D eigenvalue weighted by Gasteiger charge is -2.59. The van der Waals surface area contributed by atoms with Gasteiger partial charge in [0, 0.05) is 37.6 Å². The Labute approximate surface area is 235 Å². The molecule has 5 aliphatic rings. The van der Waals surface area contributed by atoms with Gasteiger partial charge < -0.3 is 30.0 Å². The Hall–Kier alpha value is -2.28. The van der Waals surface area contributed by atoms with Crippen molar-refractivity contribution in [1.82, 2.24) is 10.6 Å². The minimum atomic E-state index is -1.08. The molecule has 1 saturated carbocycles. The number of carbonyl (C=O) groups is 4. The van der Waals surface area contributed by atoms with Crippen LogP contribution in [0.4, 0.5) is 0 Å². The van der Waals surface area contributed by atoms with Crippen molar-refractivity contribution in [2.24, 2.45) is 29.6 Å². The van der Waals surface area contributed by atoms with Crippen molar-refractivity contribution in [2.45, 2.75) is 116 Å². The van der Waals surface area contributed by atoms with Gasteiger partial charge in [0.2, 0.25) is 23.9 Å². The van der Waals surface area contributed by atoms with E-state index >= 15 is 0 Å². The van der Waals surface area contributed by atoms with E-state index in [0.717, 1.165) is 19.3 Å². The van der Waals surface area contributed by atoms with Gasteiger partial charge in [-0.25, -0.2) is 14.6 Å². The molecule has 12 nitrogen and oxygen atoms in total. The van der Waals surface area contributed by atoms with Gasteiger partial charge in [-0.2, -0.15) is 0 Å². The van der Waals surface area contributed by atoms with Crippen LogP contribution in [-0.2, 0) is 43.2 Å². The fourth-order valence-corrected chi connectivity index (χ4v) is 6.74. The van der Waals surface area contributed by atoms with E-state index < -0.39 is 47.9 Å². The molecular formula is C28H44N2O10. The highest BCUT2D eigenvalue weighted by molar-refractivity contribution is 5.84. The van der Waals surface area contributed by atoms with Crippen LogP contribution in [-0.4, -0.2) is 65.4 Å². The molecule has 226 valence electrons. The summed E-state index contributed by atoms with van der Waals surface area (Å²) in [4.78, 5) is 60.0. The standard InChI is InChI=1S/C28H44N2O10/c1-15(2)23(24(34)35)30-21(32)7-6-14-29-20(31)10-11-22(33)36-25-17(4)19-9-8-16(3)18-12-13-27(5)38-26(37-25)28(18,19)40-39-27/h15-19,23,25-26H,6-14H2,1-5H3,(H,29,31)(H,30,32)(H,34,35)/t16-,17+,18+,19-,23+,25-,26+,27+,28-/m1/s1. The molecule has 5 rings (SSSR count). The Kier molecular flexibility index (Phi) is 9.43. The molecule has 9 atom stereocenters. The van der Waals surface area contributed by atoms with E-state index in [1.165, 1.54) is 0 Å². The predicted molar refractivity (Wildman–Crippen MR) is 139 cm³/mol. The fraction of sp³-hybridized carbons (Fsp3) is 0.857. The second-order valence-electron chi connectivity index (χ2n) is 12.3. The summed E-state index contributed by atoms with van der Waals surface area (Å²) in [5, 5.41) is 14.3. The van der Waals surface area contributed by atoms with Crippen molar-refractivity contribution < 1.29 is 48.3 Å². The summed E-state index contributed by atoms with van der Waals surface area (Å²) in [5.74, 6) is -3.01. The molecule has 2 amide bonds. The quantitative estimate of drug-likeness (QED) is 0.192. The minimum absolute atomic E-state index is 0.0275. The van der Waals surface area contributed by atoms with Crippen LogP contribution >= 0.6 is 0 Å². The third-order valence-electron chi connectivity index (χ3n) is 9.05. The Morgan fingerprint density at radius 2 is 1.75 bits per heavy atom. The summed E-state index contributed by atoms with van der Waals surface area (Å²) in [7, 11) is 0. The van der Waals surface area contributed by atoms with Gasteiger partial charge in [-0.3, -0.25) is 14.4 Å². The zero-order chi connectivity index (χ0) is 29.2. The maximum Gasteiger partial charge on any atom is 0.326 e. The first-order chi connectivity index (χ1) is 18.9. The number of carboxylic acid groups (broad SMARTS) is 1. The van der Waals surface area contributed by atoms with Crippen LogP contribution < -0.4 is 10.6 Å². The maximum atomic E-state index is 12.7. The lowest BCUT2D eigenvalue weighted by atomic mass is 9.58. The average molecular weight is 569 g/mol. The molecule has 0 aromatic heterocycles. The third-order valence-corrected chi connectivity index (χ3v) is 9.05. The van der Waals surface area contributed by atoms with Gasteiger partial charge in [-0.1, -0.05) is 27.7 Å². The Bertz CT molecular complexity index is 975. The van der Waals surface area contributed by atoms with Crippen LogP contribution in [0.3, 0.4) is 0 Å². The molecule has 0 unspecified atom stereocenters. The van der Waals surface area contributed by atoms with Crippen LogP contribution in [0.1, 0.15) is 86.0 Å². The predicted octanol–water partition coefficient (Wildman–Crippen LogP) is 2.64. The van der Waals surface area contributed by atoms with E-state index in [2.05, 4.69) is 17.6 Å². The van der Waals surface area contributed by atoms with Crippen LogP contribution in [0.5, 0.6) is 0 Å². The molecule has 1 aliphatic carbocycles. The third kappa shape index (κ3) is 6.29. The van der Waals surface area contributed by atoms with Crippen molar-refractivity contribution in [3.63, 3.8) is 0 Å². The molecule has 5 fully saturated rings. The van der Waals surface area contributed by atoms with Gasteiger partial charge in [0.25, 0.3) is 0 Å². The van der Waals surface area contributed by atoms with Gasteiger partial charge >= 0.3 is 11.9 Å². The second-order valence-corrected chi connectivity index (χ2v) is 12.3. The molecular weight excluding hydrogens is 524 g/mol. The van der Waals surface area contributed by atoms with E-state index in [-0.39, 0.29) is 55.4 Å². The summed E-state index contributed by atoms with van der Waals surface area (Å²) < 4.78 is 18.2. The number of amides is 2. The summed E-state index contributed by atoms with van der Waals surface area (Å²) in [5.41, 5.74) is -0.740. The van der Waals surface area contributed by atoms with E-state index in [1.807, 2.05) is 13.8 Å². The van der Waals surface area contributed by atoms with Crippen molar-refractivity contribution in [3.8, 4) is 0 Å². The molecule has 2 bridgehead atoms. The molecule has 12 heteroatoms. The normalized spacial score (nSPS) is 37.1. The van der Waals surface area contributed by atoms with E-state index in [4.69, 9.17) is 29.1 Å². The molecule has 4 heterocycles. The maximum absolute atomic E-state index is 12.7. The van der Waals surface area contributed by atoms with Crippen LogP contribution in [0.15, 0.2) is 0 Å². The number of aliphatic carboxylic acids is 1. The van der Waals surface area contributed by atoms with Crippen molar-refractivity contribution >= 4 is 23.8 Å². The minimum Gasteiger partial charge on any atom is -0.480 e. The molecule has 1 spiro atoms. The fourth-order valence-electron chi connectivity index (χ4n) is 6.74. The second kappa shape index (κ2) is 12.3. The number of fused-ring (bicyclic) bond motifs is 2. The van der Waals surface area contributed by atoms with Crippen LogP contribution in [0, 0.1) is 29.6 Å². The first kappa shape index (κ1) is 30.7. The number of carbonyl (C=O) groups excluding carboxylic acids is 3. The van der Waals surface area contributed by atoms with Gasteiger partial charge in [0.05, 0.1) is 6.42 Å². The zero-order valence-corrected chi connectivity index (χ0v) is 24.1. The van der Waals surface area contributed by atoms with E-state index in [1.54, 1.807) is 13.8 Å². The molecule has 3 N–H and O–H groups in total. The molecule has 4 saturated heterocycles. The first-order valence-corrected chi connectivity index (χ1v) is 14.5. The SMILES string of the molecule is CC(C)[C@H](NC(=O)CCCNC(=O)CCC(=O)O[C@@H]1O[C@H]2O[C@]3(C)CC[C@H]4[C@H](C)CC[C@H]([C@@H]1C)[C@@]24OO3)C(=O)O. The smallest absolute Gasteiger partial charge is 0.326 e. The molecule has 0 aromatic rings. The number of nitrogens with one attached hydrogen (secondary N) is 2.